The molecule has 0 saturated carbocycles. The number of nitrogen functional groups attached to an aromatic ring is 3. The van der Waals surface area contributed by atoms with Crippen molar-refractivity contribution < 1.29 is 108 Å². The van der Waals surface area contributed by atoms with Crippen molar-refractivity contribution in [3.8, 4) is 0 Å². The van der Waals surface area contributed by atoms with Gasteiger partial charge in [0.05, 0.1) is 70.6 Å². The molecule has 9 heterocycles. The summed E-state index contributed by atoms with van der Waals surface area (Å²) in [7, 11) is -19.6. The number of fused-ring (bicyclic) bond motifs is 3. The third kappa shape index (κ3) is 12.2. The van der Waals surface area contributed by atoms with Gasteiger partial charge in [-0.15, -0.1) is 0 Å². The Bertz CT molecular complexity index is 3570. The summed E-state index contributed by atoms with van der Waals surface area (Å²) in [5, 5.41) is 33.5. The van der Waals surface area contributed by atoms with Crippen LogP contribution in [-0.2, 0) is 75.9 Å². The Hall–Kier alpha value is -5.15. The first-order valence-electron chi connectivity index (χ1n) is 23.4. The zero-order valence-corrected chi connectivity index (χ0v) is 45.3. The Kier molecular flexibility index (Phi) is 17.3. The van der Waals surface area contributed by atoms with E-state index in [-0.39, 0.29) is 77.4 Å². The van der Waals surface area contributed by atoms with Crippen LogP contribution in [-0.4, -0.2) is 186 Å². The van der Waals surface area contributed by atoms with Gasteiger partial charge in [-0.3, -0.25) is 37.7 Å². The second kappa shape index (κ2) is 23.2. The first-order chi connectivity index (χ1) is 37.7. The van der Waals surface area contributed by atoms with Crippen LogP contribution in [0.4, 0.5) is 17.7 Å². The van der Waals surface area contributed by atoms with E-state index in [1.165, 1.54) is 34.2 Å². The van der Waals surface area contributed by atoms with Gasteiger partial charge in [-0.2, -0.15) is 23.2 Å². The summed E-state index contributed by atoms with van der Waals surface area (Å²) >= 11 is 0. The minimum atomic E-state index is -6.23. The van der Waals surface area contributed by atoms with E-state index in [0.29, 0.717) is 0 Å². The maximum atomic E-state index is 14.4. The number of aromatic amines is 2. The Morgan fingerprint density at radius 1 is 0.688 bits per heavy atom. The SMILES string of the molecule is COCCOCC[C@H]1[C@@H](O)[C@H](n2c[n+](C)c3c(=O)[nH]c(N)nc32)O[C@@H]1COP(=O)(O)OP(=O)(O)OP(=O)(O)OCC1O[C@@H](n2cnc3c(N)ncnc32)[C@H](OC)[C@@H]1P(=O)([O-])OC[C@H]1O[C@@H](n2cnc3c(=O)[nH]c(N)nc32)[C@H](O)[C@@H]1O. The van der Waals surface area contributed by atoms with Gasteiger partial charge in [0.1, 0.15) is 50.0 Å². The predicted octanol–water partition coefficient (Wildman–Crippen LogP) is -3.97. The third-order valence-corrected chi connectivity index (χ3v) is 19.0. The van der Waals surface area contributed by atoms with Gasteiger partial charge < -0.3 is 89.6 Å². The molecule has 3 aliphatic rings. The smallest absolute Gasteiger partial charge is 0.490 e. The maximum absolute atomic E-state index is 14.4. The van der Waals surface area contributed by atoms with Crippen molar-refractivity contribution in [2.45, 2.75) is 73.5 Å². The molecule has 80 heavy (non-hydrogen) atoms. The van der Waals surface area contributed by atoms with Crippen LogP contribution in [0.25, 0.3) is 33.5 Å². The fourth-order valence-corrected chi connectivity index (χ4v) is 14.6. The van der Waals surface area contributed by atoms with Gasteiger partial charge in [0.25, 0.3) is 16.7 Å². The molecule has 440 valence electrons. The summed E-state index contributed by atoms with van der Waals surface area (Å²) < 4.78 is 117. The zero-order valence-electron chi connectivity index (χ0n) is 41.7. The van der Waals surface area contributed by atoms with Crippen molar-refractivity contribution >= 4 is 82.3 Å². The number of phosphoric ester groups is 2. The van der Waals surface area contributed by atoms with Crippen LogP contribution in [0.15, 0.2) is 34.9 Å². The highest BCUT2D eigenvalue weighted by molar-refractivity contribution is 7.66. The average molecular weight is 1220 g/mol. The molecule has 5 unspecified atom stereocenters. The number of nitrogens with one attached hydrogen (secondary N) is 2. The van der Waals surface area contributed by atoms with Crippen LogP contribution in [0.5, 0.6) is 0 Å². The van der Waals surface area contributed by atoms with Gasteiger partial charge in [-0.05, 0) is 6.42 Å². The van der Waals surface area contributed by atoms with Crippen LogP contribution in [0, 0.1) is 5.92 Å². The molecule has 16 atom stereocenters. The van der Waals surface area contributed by atoms with E-state index in [1.54, 1.807) is 0 Å². The molecule has 0 aliphatic carbocycles. The van der Waals surface area contributed by atoms with Gasteiger partial charge in [0, 0.05) is 26.7 Å². The molecule has 0 radical (unpaired) electrons. The molecule has 9 rings (SSSR count). The molecule has 43 heteroatoms. The van der Waals surface area contributed by atoms with Crippen molar-refractivity contribution in [2.75, 3.05) is 71.1 Å². The Labute approximate surface area is 446 Å². The van der Waals surface area contributed by atoms with Crippen LogP contribution in [0.1, 0.15) is 25.1 Å². The second-order valence-corrected chi connectivity index (χ2v) is 24.6. The lowest BCUT2D eigenvalue weighted by molar-refractivity contribution is -0.646. The fraction of sp³-hybridized carbons (Fsp3) is 0.595. The number of ether oxygens (including phenoxy) is 6. The van der Waals surface area contributed by atoms with Gasteiger partial charge in [-0.25, -0.2) is 38.2 Å². The Balaban J connectivity index is 0.889. The highest BCUT2D eigenvalue weighted by Gasteiger charge is 2.55. The summed E-state index contributed by atoms with van der Waals surface area (Å²) in [6.07, 6.45) is -11.5. The number of nitrogens with zero attached hydrogens (tertiary/aromatic N) is 10. The van der Waals surface area contributed by atoms with Crippen molar-refractivity contribution in [3.05, 3.63) is 46.0 Å². The third-order valence-electron chi connectivity index (χ3n) is 12.9. The summed E-state index contributed by atoms with van der Waals surface area (Å²) in [4.78, 5) is 100. The number of anilines is 3. The molecule has 14 N–H and O–H groups in total. The molecule has 0 spiro atoms. The van der Waals surface area contributed by atoms with Gasteiger partial charge in [-0.1, -0.05) is 0 Å². The fourth-order valence-electron chi connectivity index (χ4n) is 9.38. The Morgan fingerprint density at radius 2 is 1.27 bits per heavy atom. The lowest BCUT2D eigenvalue weighted by atomic mass is 9.95. The molecule has 6 aromatic rings. The normalized spacial score (nSPS) is 29.3. The second-order valence-electron chi connectivity index (χ2n) is 18.0. The van der Waals surface area contributed by atoms with E-state index in [4.69, 9.17) is 59.2 Å². The number of methoxy groups -OCH3 is 2. The molecule has 0 aromatic carbocycles. The van der Waals surface area contributed by atoms with E-state index in [9.17, 15) is 62.7 Å². The van der Waals surface area contributed by atoms with Gasteiger partial charge in [0.15, 0.2) is 35.1 Å². The highest BCUT2D eigenvalue weighted by Crippen LogP contribution is 2.68. The van der Waals surface area contributed by atoms with Crippen molar-refractivity contribution in [1.29, 1.82) is 0 Å². The molecule has 0 amide bonds. The number of nitrogens with two attached hydrogens (primary N) is 3. The lowest BCUT2D eigenvalue weighted by Gasteiger charge is -2.35. The number of hydrogen-bond donors (Lipinski definition) is 11. The number of imidazole rings is 3. The minimum absolute atomic E-state index is 0.0119. The quantitative estimate of drug-likeness (QED) is 0.0156. The van der Waals surface area contributed by atoms with Gasteiger partial charge >= 0.3 is 29.0 Å². The van der Waals surface area contributed by atoms with Crippen LogP contribution >= 0.6 is 31.1 Å². The maximum Gasteiger partial charge on any atom is 0.490 e. The van der Waals surface area contributed by atoms with E-state index in [2.05, 4.69) is 48.5 Å². The first kappa shape index (κ1) is 59.5. The zero-order chi connectivity index (χ0) is 57.8. The largest absolute Gasteiger partial charge is 0.778 e. The molecule has 3 fully saturated rings. The number of hydrogen-bond acceptors (Lipinski definition) is 30. The van der Waals surface area contributed by atoms with Crippen molar-refractivity contribution in [1.82, 2.24) is 53.6 Å². The number of H-pyrrole nitrogens is 2. The van der Waals surface area contributed by atoms with Crippen LogP contribution in [0.3, 0.4) is 0 Å². The average Bonchev–Trinajstić information content (AvgIpc) is 4.32. The van der Waals surface area contributed by atoms with Crippen molar-refractivity contribution in [2.24, 2.45) is 13.0 Å². The van der Waals surface area contributed by atoms with Gasteiger partial charge in [0.2, 0.25) is 24.5 Å². The number of rotatable bonds is 24. The number of aryl methyl sites for hydroxylation is 1. The first-order valence-corrected chi connectivity index (χ1v) is 29.5. The molecule has 0 bridgehead atoms. The molecule has 3 saturated heterocycles. The van der Waals surface area contributed by atoms with E-state index in [0.717, 1.165) is 30.7 Å². The number of aromatic nitrogens is 12. The van der Waals surface area contributed by atoms with E-state index < -0.39 is 135 Å². The van der Waals surface area contributed by atoms with Crippen LogP contribution in [0.2, 0.25) is 0 Å². The summed E-state index contributed by atoms with van der Waals surface area (Å²) in [6.45, 7) is -2.97. The minimum Gasteiger partial charge on any atom is -0.778 e. The molecular formula is C37H53N15O24P4. The molecule has 6 aromatic heterocycles. The molecule has 3 aliphatic heterocycles. The molecular weight excluding hydrogens is 1160 g/mol. The standard InChI is InChI=1S/C37H53N15O24P4/c1-49-14-52(30-21(49)32(57)48-37(40)46-30)33-22(53)15(4-5-68-7-6-66-2)16(72-33)8-70-78(60,61)75-80(64,65)76-79(62,63)71-10-18-26(25(67-3)35(74-18)50-12-43-19-27(38)41-11-42-28(19)50)77(58,59)69-9-17-23(54)24(55)34(73-17)51-13-44-20-29(51)45-36(39)47-31(20)56/h11-18,22-26,33-35,53-55H,4-10H2,1-3H3,(H11-,38,39,40,41,42,45,46,47,48,56,57,58,59,60,61,62,63,64,65)/t15-,16-,17-,18?,22-,23-,24-,25-,26-,33-,34-,35-/m1/s1. The topological polar surface area (TPSA) is 554 Å². The number of phosphoric acid groups is 3. The summed E-state index contributed by atoms with van der Waals surface area (Å²) in [5.74, 6) is -1.68. The summed E-state index contributed by atoms with van der Waals surface area (Å²) in [6, 6.07) is 0. The lowest BCUT2D eigenvalue weighted by Crippen LogP contribution is -2.40. The van der Waals surface area contributed by atoms with E-state index in [1.807, 2.05) is 0 Å². The van der Waals surface area contributed by atoms with Crippen LogP contribution < -0.4 is 37.8 Å². The predicted molar refractivity (Wildman–Crippen MR) is 260 cm³/mol. The summed E-state index contributed by atoms with van der Waals surface area (Å²) in [5.41, 5.74) is 13.6. The highest BCUT2D eigenvalue weighted by atomic mass is 31.3. The Morgan fingerprint density at radius 3 is 1.95 bits per heavy atom. The molecule has 39 nitrogen and oxygen atoms in total. The van der Waals surface area contributed by atoms with Crippen molar-refractivity contribution in [3.63, 3.8) is 0 Å². The number of aliphatic hydroxyl groups is 3. The van der Waals surface area contributed by atoms with E-state index >= 15 is 0 Å². The number of aliphatic hydroxyl groups excluding tert-OH is 3. The monoisotopic (exact) mass is 1220 g/mol.